The van der Waals surface area contributed by atoms with Gasteiger partial charge in [0.25, 0.3) is 0 Å². The van der Waals surface area contributed by atoms with Gasteiger partial charge in [-0.25, -0.2) is 0 Å². The molecule has 10 nitrogen and oxygen atoms in total. The minimum Gasteiger partial charge on any atom is -0.497 e. The van der Waals surface area contributed by atoms with Gasteiger partial charge in [0, 0.05) is 19.6 Å². The highest BCUT2D eigenvalue weighted by molar-refractivity contribution is 6.56. The highest BCUT2D eigenvalue weighted by atomic mass is 16.5. The van der Waals surface area contributed by atoms with Crippen molar-refractivity contribution >= 4 is 25.6 Å². The molecule has 176 valence electrons. The first-order valence-corrected chi connectivity index (χ1v) is 10.1. The van der Waals surface area contributed by atoms with Gasteiger partial charge in [-0.15, -0.1) is 0 Å². The largest absolute Gasteiger partial charge is 0.497 e. The zero-order chi connectivity index (χ0) is 24.1. The van der Waals surface area contributed by atoms with E-state index in [1.54, 1.807) is 14.2 Å². The third-order valence-electron chi connectivity index (χ3n) is 4.80. The van der Waals surface area contributed by atoms with E-state index in [-0.39, 0.29) is 25.2 Å². The lowest BCUT2D eigenvalue weighted by molar-refractivity contribution is -0.144. The van der Waals surface area contributed by atoms with E-state index in [2.05, 4.69) is 14.8 Å². The van der Waals surface area contributed by atoms with Gasteiger partial charge in [0.2, 0.25) is 7.85 Å². The maximum Gasteiger partial charge on any atom is 0.325 e. The van der Waals surface area contributed by atoms with Crippen LogP contribution in [0.4, 0.5) is 4.79 Å². The minimum absolute atomic E-state index is 0.0556. The molecule has 1 aromatic carbocycles. The first-order chi connectivity index (χ1) is 15.3. The maximum absolute atomic E-state index is 11.5. The van der Waals surface area contributed by atoms with Gasteiger partial charge in [0.05, 0.1) is 34.5 Å². The average Bonchev–Trinajstić information content (AvgIpc) is 3.54. The summed E-state index contributed by atoms with van der Waals surface area (Å²) < 4.78 is 19.6. The topological polar surface area (TPSA) is 106 Å². The van der Waals surface area contributed by atoms with Crippen molar-refractivity contribution in [1.82, 2.24) is 15.1 Å². The van der Waals surface area contributed by atoms with Gasteiger partial charge in [-0.1, -0.05) is 12.1 Å². The molecule has 1 saturated heterocycles. The number of rotatable bonds is 11. The number of nitrogens with one attached hydrogen (secondary N) is 1. The van der Waals surface area contributed by atoms with Crippen molar-refractivity contribution in [2.75, 3.05) is 61.7 Å². The molecule has 2 radical (unpaired) electrons. The lowest BCUT2D eigenvalue weighted by Gasteiger charge is -2.22. The van der Waals surface area contributed by atoms with E-state index >= 15 is 0 Å². The normalized spacial score (nSPS) is 17.3. The molecular formula is C21H32BN3O7. The number of esters is 2. The van der Waals surface area contributed by atoms with E-state index in [0.29, 0.717) is 13.1 Å². The highest BCUT2D eigenvalue weighted by Gasteiger charge is 2.37. The SMILES string of the molecule is COC(=O)[C@@H]1CN1C.[B]C(=O)N(CCOC[C@H](NC)C(=O)OC)Cc1ccc(OC)cc1. The maximum atomic E-state index is 11.5. The van der Waals surface area contributed by atoms with Gasteiger partial charge < -0.3 is 29.2 Å². The summed E-state index contributed by atoms with van der Waals surface area (Å²) in [7, 11) is 13.3. The number of hydrogen-bond acceptors (Lipinski definition) is 9. The van der Waals surface area contributed by atoms with Crippen LogP contribution in [0.25, 0.3) is 0 Å². The molecule has 0 aliphatic carbocycles. The Bertz CT molecular complexity index is 733. The Morgan fingerprint density at radius 3 is 2.22 bits per heavy atom. The molecule has 1 amide bonds. The number of amides is 1. The zero-order valence-electron chi connectivity index (χ0n) is 19.3. The van der Waals surface area contributed by atoms with Gasteiger partial charge in [-0.3, -0.25) is 19.3 Å². The summed E-state index contributed by atoms with van der Waals surface area (Å²) in [5.41, 5.74) is 0.928. The Morgan fingerprint density at radius 2 is 1.81 bits per heavy atom. The number of carbonyl (C=O) groups is 3. The predicted octanol–water partition coefficient (Wildman–Crippen LogP) is 0.0367. The lowest BCUT2D eigenvalue weighted by atomic mass is 10.1. The number of nitrogens with zero attached hydrogens (tertiary/aromatic N) is 2. The van der Waals surface area contributed by atoms with Crippen LogP contribution in [0, 0.1) is 0 Å². The van der Waals surface area contributed by atoms with Crippen LogP contribution < -0.4 is 10.1 Å². The van der Waals surface area contributed by atoms with Crippen LogP contribution in [-0.2, 0) is 30.3 Å². The molecule has 1 aliphatic heterocycles. The molecule has 2 rings (SSSR count). The van der Waals surface area contributed by atoms with Crippen LogP contribution in [0.5, 0.6) is 5.75 Å². The van der Waals surface area contributed by atoms with Crippen LogP contribution in [0.3, 0.4) is 0 Å². The molecule has 11 heteroatoms. The van der Waals surface area contributed by atoms with Gasteiger partial charge in [-0.2, -0.15) is 0 Å². The molecule has 1 N–H and O–H groups in total. The third-order valence-corrected chi connectivity index (χ3v) is 4.80. The van der Waals surface area contributed by atoms with Crippen LogP contribution in [-0.4, -0.2) is 109 Å². The number of hydrogen-bond donors (Lipinski definition) is 1. The standard InChI is InChI=1S/C16H23BN2O5.C5H9NO2/c1-18-14(15(20)23-3)11-24-9-8-19(16(17)21)10-12-4-6-13(22-2)7-5-12;1-6-3-4(6)5(7)8-2/h4-7,14,18H,8-11H2,1-3H3;4H,3H2,1-2H3/t14-;4-,6?/m00/s1. The molecule has 0 saturated carbocycles. The summed E-state index contributed by atoms with van der Waals surface area (Å²) in [4.78, 5) is 36.9. The van der Waals surface area contributed by atoms with Crippen molar-refractivity contribution in [3.8, 4) is 5.75 Å². The number of benzene rings is 1. The molecule has 3 atom stereocenters. The molecule has 1 fully saturated rings. The quantitative estimate of drug-likeness (QED) is 0.217. The van der Waals surface area contributed by atoms with Gasteiger partial charge >= 0.3 is 11.9 Å². The van der Waals surface area contributed by atoms with Gasteiger partial charge in [0.1, 0.15) is 17.8 Å². The molecule has 1 unspecified atom stereocenters. The van der Waals surface area contributed by atoms with E-state index < -0.39 is 17.8 Å². The van der Waals surface area contributed by atoms with E-state index in [9.17, 15) is 14.4 Å². The van der Waals surface area contributed by atoms with Crippen molar-refractivity contribution in [1.29, 1.82) is 0 Å². The zero-order valence-corrected chi connectivity index (χ0v) is 19.3. The lowest BCUT2D eigenvalue weighted by Crippen LogP contribution is -2.40. The van der Waals surface area contributed by atoms with Crippen molar-refractivity contribution in [3.63, 3.8) is 0 Å². The molecule has 1 aromatic rings. The average molecular weight is 449 g/mol. The second-order valence-corrected chi connectivity index (χ2v) is 7.03. The molecule has 1 heterocycles. The Labute approximate surface area is 190 Å². The predicted molar refractivity (Wildman–Crippen MR) is 119 cm³/mol. The van der Waals surface area contributed by atoms with Crippen molar-refractivity contribution < 1.29 is 33.3 Å². The minimum atomic E-state index is -0.543. The monoisotopic (exact) mass is 449 g/mol. The summed E-state index contributed by atoms with van der Waals surface area (Å²) in [5.74, 6) is -0.309. The number of carbonyl (C=O) groups excluding carboxylic acids is 3. The summed E-state index contributed by atoms with van der Waals surface area (Å²) in [6.45, 7) is 1.95. The van der Waals surface area contributed by atoms with Gasteiger partial charge in [-0.05, 0) is 31.8 Å². The Kier molecular flexibility index (Phi) is 12.4. The van der Waals surface area contributed by atoms with Crippen molar-refractivity contribution in [2.45, 2.75) is 18.6 Å². The Morgan fingerprint density at radius 1 is 1.19 bits per heavy atom. The Hall–Kier alpha value is -2.63. The highest BCUT2D eigenvalue weighted by Crippen LogP contribution is 2.14. The van der Waals surface area contributed by atoms with E-state index in [0.717, 1.165) is 17.9 Å². The van der Waals surface area contributed by atoms with E-state index in [1.807, 2.05) is 36.2 Å². The van der Waals surface area contributed by atoms with Crippen molar-refractivity contribution in [2.24, 2.45) is 0 Å². The smallest absolute Gasteiger partial charge is 0.325 e. The number of methoxy groups -OCH3 is 3. The van der Waals surface area contributed by atoms with Crippen LogP contribution in [0.1, 0.15) is 5.56 Å². The number of ether oxygens (including phenoxy) is 4. The van der Waals surface area contributed by atoms with Crippen LogP contribution in [0.15, 0.2) is 24.3 Å². The molecule has 32 heavy (non-hydrogen) atoms. The van der Waals surface area contributed by atoms with Crippen LogP contribution >= 0.6 is 0 Å². The fourth-order valence-corrected chi connectivity index (χ4v) is 2.62. The Balaban J connectivity index is 0.000000533. The number of likely N-dealkylation sites (N-methyl/N-ethyl adjacent to an activating group) is 2. The van der Waals surface area contributed by atoms with Crippen molar-refractivity contribution in [3.05, 3.63) is 29.8 Å². The summed E-state index contributed by atoms with van der Waals surface area (Å²) >= 11 is 0. The summed E-state index contributed by atoms with van der Waals surface area (Å²) in [6.07, 6.45) is 0. The second-order valence-electron chi connectivity index (χ2n) is 7.03. The first-order valence-electron chi connectivity index (χ1n) is 10.1. The molecule has 0 bridgehead atoms. The van der Waals surface area contributed by atoms with Crippen LogP contribution in [0.2, 0.25) is 0 Å². The third kappa shape index (κ3) is 9.67. The first kappa shape index (κ1) is 27.4. The fourth-order valence-electron chi connectivity index (χ4n) is 2.62. The molecule has 0 spiro atoms. The molecular weight excluding hydrogens is 417 g/mol. The second kappa shape index (κ2) is 14.4. The van der Waals surface area contributed by atoms with E-state index in [1.165, 1.54) is 19.1 Å². The molecule has 0 aromatic heterocycles. The summed E-state index contributed by atoms with van der Waals surface area (Å²) in [5, 5.41) is 2.80. The fraction of sp³-hybridized carbons (Fsp3) is 0.571. The van der Waals surface area contributed by atoms with E-state index in [4.69, 9.17) is 17.3 Å². The van der Waals surface area contributed by atoms with Gasteiger partial charge in [0.15, 0.2) is 5.81 Å². The summed E-state index contributed by atoms with van der Waals surface area (Å²) in [6, 6.07) is 6.88. The molecule has 1 aliphatic rings.